The maximum atomic E-state index is 5.97. The van der Waals surface area contributed by atoms with Gasteiger partial charge in [0.1, 0.15) is 0 Å². The Labute approximate surface area is 116 Å². The van der Waals surface area contributed by atoms with E-state index in [1.165, 1.54) is 29.3 Å². The van der Waals surface area contributed by atoms with Gasteiger partial charge in [-0.15, -0.1) is 0 Å². The summed E-state index contributed by atoms with van der Waals surface area (Å²) in [7, 11) is 0. The fourth-order valence-electron chi connectivity index (χ4n) is 2.92. The first-order valence-electron chi connectivity index (χ1n) is 7.44. The van der Waals surface area contributed by atoms with Gasteiger partial charge in [0.2, 0.25) is 0 Å². The van der Waals surface area contributed by atoms with Crippen molar-refractivity contribution in [2.24, 2.45) is 11.7 Å². The Bertz CT molecular complexity index is 525. The van der Waals surface area contributed by atoms with E-state index in [9.17, 15) is 0 Å². The zero-order valence-electron chi connectivity index (χ0n) is 12.4. The fourth-order valence-corrected chi connectivity index (χ4v) is 2.92. The number of rotatable bonds is 6. The second kappa shape index (κ2) is 6.25. The minimum atomic E-state index is 0.210. The van der Waals surface area contributed by atoms with E-state index in [2.05, 4.69) is 55.8 Å². The normalized spacial score (nSPS) is 14.7. The molecule has 104 valence electrons. The van der Waals surface area contributed by atoms with E-state index in [1.54, 1.807) is 0 Å². The number of nitrogens with zero attached hydrogens (tertiary/aromatic N) is 1. The van der Waals surface area contributed by atoms with Crippen LogP contribution in [-0.4, -0.2) is 10.6 Å². The quantitative estimate of drug-likeness (QED) is 0.835. The highest BCUT2D eigenvalue weighted by atomic mass is 15.0. The van der Waals surface area contributed by atoms with Crippen molar-refractivity contribution in [1.29, 1.82) is 0 Å². The molecule has 0 aliphatic carbocycles. The number of hydrogen-bond donors (Lipinski definition) is 1. The molecule has 0 aliphatic rings. The molecule has 2 nitrogen and oxygen atoms in total. The molecule has 2 unspecified atom stereocenters. The van der Waals surface area contributed by atoms with Crippen LogP contribution in [0.1, 0.15) is 39.2 Å². The smallest absolute Gasteiger partial charge is 0.0513 e. The van der Waals surface area contributed by atoms with Crippen molar-refractivity contribution in [3.8, 4) is 0 Å². The summed E-state index contributed by atoms with van der Waals surface area (Å²) in [5.41, 5.74) is 8.73. The molecule has 2 rings (SSSR count). The standard InChI is InChI=1S/C17H26N2/c1-4-6-13(2)12-19-10-9-15-7-5-8-16(17(15)19)11-14(3)18/h5,7-10,13-14H,4,6,11-12,18H2,1-3H3. The van der Waals surface area contributed by atoms with E-state index < -0.39 is 0 Å². The monoisotopic (exact) mass is 258 g/mol. The first-order chi connectivity index (χ1) is 9.11. The van der Waals surface area contributed by atoms with Crippen molar-refractivity contribution in [2.75, 3.05) is 0 Å². The second-order valence-electron chi connectivity index (χ2n) is 5.90. The molecule has 1 heterocycles. The Morgan fingerprint density at radius 3 is 2.68 bits per heavy atom. The van der Waals surface area contributed by atoms with Crippen LogP contribution in [0.3, 0.4) is 0 Å². The molecule has 2 atom stereocenters. The SMILES string of the molecule is CCCC(C)Cn1ccc2cccc(CC(C)N)c21. The third-order valence-electron chi connectivity index (χ3n) is 3.70. The molecule has 0 saturated carbocycles. The molecule has 2 heteroatoms. The highest BCUT2D eigenvalue weighted by Gasteiger charge is 2.10. The lowest BCUT2D eigenvalue weighted by Gasteiger charge is -2.15. The van der Waals surface area contributed by atoms with E-state index in [4.69, 9.17) is 5.73 Å². The van der Waals surface area contributed by atoms with Crippen LogP contribution < -0.4 is 5.73 Å². The molecule has 0 bridgehead atoms. The number of nitrogens with two attached hydrogens (primary N) is 1. The average molecular weight is 258 g/mol. The summed E-state index contributed by atoms with van der Waals surface area (Å²) in [5, 5.41) is 1.34. The van der Waals surface area contributed by atoms with Crippen LogP contribution in [0, 0.1) is 5.92 Å². The summed E-state index contributed by atoms with van der Waals surface area (Å²) in [6.45, 7) is 7.77. The van der Waals surface area contributed by atoms with E-state index in [-0.39, 0.29) is 6.04 Å². The Morgan fingerprint density at radius 2 is 2.00 bits per heavy atom. The van der Waals surface area contributed by atoms with Gasteiger partial charge in [-0.1, -0.05) is 38.5 Å². The fraction of sp³-hybridized carbons (Fsp3) is 0.529. The summed E-state index contributed by atoms with van der Waals surface area (Å²) in [6, 6.07) is 8.98. The van der Waals surface area contributed by atoms with E-state index in [1.807, 2.05) is 0 Å². The van der Waals surface area contributed by atoms with Crippen LogP contribution in [0.5, 0.6) is 0 Å². The van der Waals surface area contributed by atoms with E-state index in [0.29, 0.717) is 0 Å². The van der Waals surface area contributed by atoms with Crippen molar-refractivity contribution >= 4 is 10.9 Å². The van der Waals surface area contributed by atoms with Crippen LogP contribution in [0.2, 0.25) is 0 Å². The van der Waals surface area contributed by atoms with Crippen molar-refractivity contribution in [3.63, 3.8) is 0 Å². The summed E-state index contributed by atoms with van der Waals surface area (Å²) in [4.78, 5) is 0. The molecular formula is C17H26N2. The van der Waals surface area contributed by atoms with Crippen molar-refractivity contribution in [1.82, 2.24) is 4.57 Å². The molecule has 19 heavy (non-hydrogen) atoms. The molecule has 1 aromatic carbocycles. The molecule has 0 radical (unpaired) electrons. The van der Waals surface area contributed by atoms with Gasteiger partial charge in [0.25, 0.3) is 0 Å². The number of fused-ring (bicyclic) bond motifs is 1. The highest BCUT2D eigenvalue weighted by Crippen LogP contribution is 2.23. The number of para-hydroxylation sites is 1. The summed E-state index contributed by atoms with van der Waals surface area (Å²) < 4.78 is 2.41. The van der Waals surface area contributed by atoms with Crippen molar-refractivity contribution in [2.45, 2.75) is 52.6 Å². The first kappa shape index (κ1) is 14.1. The Balaban J connectivity index is 2.33. The predicted octanol–water partition coefficient (Wildman–Crippen LogP) is 3.97. The summed E-state index contributed by atoms with van der Waals surface area (Å²) in [6.07, 6.45) is 5.72. The van der Waals surface area contributed by atoms with Crippen LogP contribution >= 0.6 is 0 Å². The van der Waals surface area contributed by atoms with E-state index in [0.717, 1.165) is 18.9 Å². The third-order valence-corrected chi connectivity index (χ3v) is 3.70. The van der Waals surface area contributed by atoms with Crippen molar-refractivity contribution in [3.05, 3.63) is 36.0 Å². The molecule has 0 amide bonds. The Kier molecular flexibility index (Phi) is 4.65. The molecule has 0 saturated heterocycles. The Morgan fingerprint density at radius 1 is 1.21 bits per heavy atom. The summed E-state index contributed by atoms with van der Waals surface area (Å²) in [5.74, 6) is 0.726. The average Bonchev–Trinajstić information content (AvgIpc) is 2.73. The predicted molar refractivity (Wildman–Crippen MR) is 83.4 cm³/mol. The van der Waals surface area contributed by atoms with Gasteiger partial charge in [-0.3, -0.25) is 0 Å². The third kappa shape index (κ3) is 3.38. The van der Waals surface area contributed by atoms with Crippen LogP contribution in [-0.2, 0) is 13.0 Å². The lowest BCUT2D eigenvalue weighted by molar-refractivity contribution is 0.453. The highest BCUT2D eigenvalue weighted by molar-refractivity contribution is 5.83. The minimum Gasteiger partial charge on any atom is -0.347 e. The molecule has 2 aromatic rings. The van der Waals surface area contributed by atoms with Gasteiger partial charge in [-0.05, 0) is 42.7 Å². The van der Waals surface area contributed by atoms with Gasteiger partial charge < -0.3 is 10.3 Å². The topological polar surface area (TPSA) is 30.9 Å². The Hall–Kier alpha value is -1.28. The molecule has 2 N–H and O–H groups in total. The molecule has 1 aromatic heterocycles. The van der Waals surface area contributed by atoms with Crippen LogP contribution in [0.15, 0.2) is 30.5 Å². The minimum absolute atomic E-state index is 0.210. The second-order valence-corrected chi connectivity index (χ2v) is 5.90. The van der Waals surface area contributed by atoms with Gasteiger partial charge in [0, 0.05) is 18.8 Å². The van der Waals surface area contributed by atoms with E-state index >= 15 is 0 Å². The first-order valence-corrected chi connectivity index (χ1v) is 7.44. The van der Waals surface area contributed by atoms with Gasteiger partial charge in [0.15, 0.2) is 0 Å². The zero-order chi connectivity index (χ0) is 13.8. The zero-order valence-corrected chi connectivity index (χ0v) is 12.4. The number of hydrogen-bond acceptors (Lipinski definition) is 1. The van der Waals surface area contributed by atoms with Gasteiger partial charge in [-0.25, -0.2) is 0 Å². The molecule has 0 aliphatic heterocycles. The maximum Gasteiger partial charge on any atom is 0.0513 e. The largest absolute Gasteiger partial charge is 0.347 e. The van der Waals surface area contributed by atoms with Crippen LogP contribution in [0.25, 0.3) is 10.9 Å². The van der Waals surface area contributed by atoms with Crippen LogP contribution in [0.4, 0.5) is 0 Å². The molecular weight excluding hydrogens is 232 g/mol. The van der Waals surface area contributed by atoms with Gasteiger partial charge >= 0.3 is 0 Å². The maximum absolute atomic E-state index is 5.97. The van der Waals surface area contributed by atoms with Crippen molar-refractivity contribution < 1.29 is 0 Å². The van der Waals surface area contributed by atoms with Gasteiger partial charge in [0.05, 0.1) is 5.52 Å². The lowest BCUT2D eigenvalue weighted by Crippen LogP contribution is -2.18. The summed E-state index contributed by atoms with van der Waals surface area (Å²) >= 11 is 0. The number of benzene rings is 1. The van der Waals surface area contributed by atoms with Gasteiger partial charge in [-0.2, -0.15) is 0 Å². The molecule has 0 spiro atoms. The molecule has 0 fully saturated rings. The number of aromatic nitrogens is 1. The lowest BCUT2D eigenvalue weighted by atomic mass is 10.0.